The Hall–Kier alpha value is -2.47. The normalized spacial score (nSPS) is 15.9. The third-order valence-corrected chi connectivity index (χ3v) is 5.39. The van der Waals surface area contributed by atoms with Gasteiger partial charge in [-0.05, 0) is 80.9 Å². The second-order valence-corrected chi connectivity index (χ2v) is 7.42. The van der Waals surface area contributed by atoms with Crippen LogP contribution in [0.15, 0.2) is 35.2 Å². The summed E-state index contributed by atoms with van der Waals surface area (Å²) >= 11 is 1.02. The first-order chi connectivity index (χ1) is 13.0. The van der Waals surface area contributed by atoms with Crippen LogP contribution in [0.25, 0.3) is 11.8 Å². The Morgan fingerprint density at radius 3 is 2.44 bits per heavy atom. The van der Waals surface area contributed by atoms with Crippen LogP contribution in [-0.4, -0.2) is 33.8 Å². The van der Waals surface area contributed by atoms with E-state index in [1.54, 1.807) is 0 Å². The van der Waals surface area contributed by atoms with E-state index >= 15 is 0 Å². The van der Waals surface area contributed by atoms with Crippen LogP contribution in [0, 0.1) is 13.8 Å². The van der Waals surface area contributed by atoms with Gasteiger partial charge in [-0.25, -0.2) is 0 Å². The molecule has 0 radical (unpaired) electrons. The van der Waals surface area contributed by atoms with E-state index in [-0.39, 0.29) is 11.1 Å². The molecular weight excluding hydrogens is 360 g/mol. The summed E-state index contributed by atoms with van der Waals surface area (Å²) in [6.45, 7) is 9.07. The Bertz CT molecular complexity index is 897. The van der Waals surface area contributed by atoms with Crippen molar-refractivity contribution in [2.24, 2.45) is 0 Å². The van der Waals surface area contributed by atoms with Gasteiger partial charge in [0, 0.05) is 23.6 Å². The lowest BCUT2D eigenvalue weighted by Gasteiger charge is -2.11. The number of carbonyl (C=O) groups excluding carboxylic acids is 2. The second kappa shape index (κ2) is 8.05. The van der Waals surface area contributed by atoms with Gasteiger partial charge in [-0.1, -0.05) is 6.92 Å². The summed E-state index contributed by atoms with van der Waals surface area (Å²) in [6.07, 6.45) is 2.59. The maximum atomic E-state index is 12.5. The molecule has 0 saturated carbocycles. The number of hydrogen-bond acceptors (Lipinski definition) is 4. The molecule has 1 aromatic heterocycles. The number of hydrogen-bond donors (Lipinski definition) is 0. The van der Waals surface area contributed by atoms with Gasteiger partial charge in [0.1, 0.15) is 5.75 Å². The first kappa shape index (κ1) is 19.3. The van der Waals surface area contributed by atoms with Gasteiger partial charge >= 0.3 is 0 Å². The SMILES string of the molecule is CCCN1C(=O)S/C(=C/c2cc(C)n(-c3ccc(OCC)cc3)c2C)C1=O. The fraction of sp³-hybridized carbons (Fsp3) is 0.333. The zero-order valence-electron chi connectivity index (χ0n) is 16.1. The van der Waals surface area contributed by atoms with E-state index in [4.69, 9.17) is 4.74 Å². The first-order valence-corrected chi connectivity index (χ1v) is 9.95. The lowest BCUT2D eigenvalue weighted by Crippen LogP contribution is -2.28. The Kier molecular flexibility index (Phi) is 5.75. The minimum absolute atomic E-state index is 0.187. The van der Waals surface area contributed by atoms with Gasteiger partial charge in [-0.3, -0.25) is 14.5 Å². The molecule has 0 bridgehead atoms. The molecule has 0 atom stereocenters. The molecule has 2 amide bonds. The van der Waals surface area contributed by atoms with Crippen molar-refractivity contribution in [1.29, 1.82) is 0 Å². The molecule has 0 spiro atoms. The third kappa shape index (κ3) is 3.81. The Balaban J connectivity index is 1.92. The van der Waals surface area contributed by atoms with Gasteiger partial charge in [0.15, 0.2) is 0 Å². The molecule has 6 heteroatoms. The number of ether oxygens (including phenoxy) is 1. The summed E-state index contributed by atoms with van der Waals surface area (Å²) < 4.78 is 7.64. The minimum atomic E-state index is -0.197. The average molecular weight is 385 g/mol. The van der Waals surface area contributed by atoms with Crippen LogP contribution in [0.3, 0.4) is 0 Å². The Morgan fingerprint density at radius 1 is 1.11 bits per heavy atom. The van der Waals surface area contributed by atoms with E-state index in [0.29, 0.717) is 18.1 Å². The zero-order valence-corrected chi connectivity index (χ0v) is 16.9. The van der Waals surface area contributed by atoms with Crippen molar-refractivity contribution in [3.8, 4) is 11.4 Å². The lowest BCUT2D eigenvalue weighted by molar-refractivity contribution is -0.122. The van der Waals surface area contributed by atoms with E-state index in [1.165, 1.54) is 4.90 Å². The number of aromatic nitrogens is 1. The summed E-state index contributed by atoms with van der Waals surface area (Å²) in [5.41, 5.74) is 4.07. The van der Waals surface area contributed by atoms with Gasteiger partial charge in [0.25, 0.3) is 11.1 Å². The fourth-order valence-electron chi connectivity index (χ4n) is 3.25. The Labute approximate surface area is 164 Å². The highest BCUT2D eigenvalue weighted by Crippen LogP contribution is 2.34. The molecule has 1 aliphatic rings. The van der Waals surface area contributed by atoms with E-state index in [2.05, 4.69) is 4.57 Å². The average Bonchev–Trinajstić information content (AvgIpc) is 3.07. The summed E-state index contributed by atoms with van der Waals surface area (Å²) in [4.78, 5) is 26.3. The summed E-state index contributed by atoms with van der Waals surface area (Å²) in [6, 6.07) is 9.98. The number of carbonyl (C=O) groups is 2. The molecule has 1 aromatic carbocycles. The number of benzene rings is 1. The highest BCUT2D eigenvalue weighted by atomic mass is 32.2. The minimum Gasteiger partial charge on any atom is -0.494 e. The molecule has 0 unspecified atom stereocenters. The van der Waals surface area contributed by atoms with Crippen molar-refractivity contribution < 1.29 is 14.3 Å². The fourth-order valence-corrected chi connectivity index (χ4v) is 4.10. The molecule has 1 aliphatic heterocycles. The Morgan fingerprint density at radius 2 is 1.81 bits per heavy atom. The number of amides is 2. The van der Waals surface area contributed by atoms with Crippen LogP contribution >= 0.6 is 11.8 Å². The van der Waals surface area contributed by atoms with Crippen LogP contribution in [0.4, 0.5) is 4.79 Å². The van der Waals surface area contributed by atoms with Crippen molar-refractivity contribution in [2.45, 2.75) is 34.1 Å². The molecule has 27 heavy (non-hydrogen) atoms. The lowest BCUT2D eigenvalue weighted by atomic mass is 10.2. The standard InChI is InChI=1S/C21H24N2O3S/c1-5-11-22-20(24)19(27-21(22)25)13-16-12-14(3)23(15(16)4)17-7-9-18(10-8-17)26-6-2/h7-10,12-13H,5-6,11H2,1-4H3/b19-13+. The molecule has 1 fully saturated rings. The van der Waals surface area contributed by atoms with Gasteiger partial charge < -0.3 is 9.30 Å². The van der Waals surface area contributed by atoms with Gasteiger partial charge in [0.05, 0.1) is 11.5 Å². The third-order valence-electron chi connectivity index (χ3n) is 4.48. The van der Waals surface area contributed by atoms with Crippen LogP contribution in [0.1, 0.15) is 37.2 Å². The predicted octanol–water partition coefficient (Wildman–Crippen LogP) is 4.94. The van der Waals surface area contributed by atoms with Crippen molar-refractivity contribution in [3.05, 3.63) is 52.2 Å². The number of nitrogens with zero attached hydrogens (tertiary/aromatic N) is 2. The molecule has 0 aliphatic carbocycles. The topological polar surface area (TPSA) is 51.5 Å². The molecule has 0 N–H and O–H groups in total. The quantitative estimate of drug-likeness (QED) is 0.662. The molecule has 142 valence electrons. The smallest absolute Gasteiger partial charge is 0.293 e. The molecule has 2 heterocycles. The van der Waals surface area contributed by atoms with Crippen molar-refractivity contribution in [3.63, 3.8) is 0 Å². The van der Waals surface area contributed by atoms with Crippen molar-refractivity contribution >= 4 is 29.0 Å². The first-order valence-electron chi connectivity index (χ1n) is 9.13. The number of thioether (sulfide) groups is 1. The van der Waals surface area contributed by atoms with E-state index in [1.807, 2.05) is 64.1 Å². The van der Waals surface area contributed by atoms with Crippen molar-refractivity contribution in [1.82, 2.24) is 9.47 Å². The number of rotatable bonds is 6. The molecule has 1 saturated heterocycles. The highest BCUT2D eigenvalue weighted by Gasteiger charge is 2.34. The van der Waals surface area contributed by atoms with Crippen molar-refractivity contribution in [2.75, 3.05) is 13.2 Å². The highest BCUT2D eigenvalue weighted by molar-refractivity contribution is 8.18. The number of aryl methyl sites for hydroxylation is 1. The summed E-state index contributed by atoms with van der Waals surface area (Å²) in [5, 5.41) is -0.187. The van der Waals surface area contributed by atoms with Gasteiger partial charge in [-0.2, -0.15) is 0 Å². The van der Waals surface area contributed by atoms with Crippen LogP contribution < -0.4 is 4.74 Å². The maximum Gasteiger partial charge on any atom is 0.293 e. The van der Waals surface area contributed by atoms with Gasteiger partial charge in [0.2, 0.25) is 0 Å². The van der Waals surface area contributed by atoms with Crippen LogP contribution in [0.5, 0.6) is 5.75 Å². The monoisotopic (exact) mass is 384 g/mol. The van der Waals surface area contributed by atoms with Crippen LogP contribution in [-0.2, 0) is 4.79 Å². The second-order valence-electron chi connectivity index (χ2n) is 6.42. The molecule has 5 nitrogen and oxygen atoms in total. The largest absolute Gasteiger partial charge is 0.494 e. The summed E-state index contributed by atoms with van der Waals surface area (Å²) in [5.74, 6) is 0.645. The summed E-state index contributed by atoms with van der Waals surface area (Å²) in [7, 11) is 0. The van der Waals surface area contributed by atoms with Crippen LogP contribution in [0.2, 0.25) is 0 Å². The predicted molar refractivity (Wildman–Crippen MR) is 109 cm³/mol. The zero-order chi connectivity index (χ0) is 19.6. The number of imide groups is 1. The molecular formula is C21H24N2O3S. The molecule has 2 aromatic rings. The van der Waals surface area contributed by atoms with Gasteiger partial charge in [-0.15, -0.1) is 0 Å². The van der Waals surface area contributed by atoms with E-state index in [0.717, 1.165) is 46.6 Å². The van der Waals surface area contributed by atoms with E-state index < -0.39 is 0 Å². The maximum absolute atomic E-state index is 12.5. The molecule has 3 rings (SSSR count). The van der Waals surface area contributed by atoms with E-state index in [9.17, 15) is 9.59 Å².